The number of ketones is 2. The quantitative estimate of drug-likeness (QED) is 0.0901. The van der Waals surface area contributed by atoms with Gasteiger partial charge in [-0.05, 0) is 74.6 Å². The van der Waals surface area contributed by atoms with Crippen molar-refractivity contribution >= 4 is 47.2 Å². The Labute approximate surface area is 271 Å². The summed E-state index contributed by atoms with van der Waals surface area (Å²) in [5.41, 5.74) is 1.15. The number of carbonyl (C=O) groups excluding carboxylic acids is 4. The van der Waals surface area contributed by atoms with Crippen molar-refractivity contribution < 1.29 is 57.9 Å². The van der Waals surface area contributed by atoms with Gasteiger partial charge in [-0.15, -0.1) is 0 Å². The average molecular weight is 654 g/mol. The summed E-state index contributed by atoms with van der Waals surface area (Å²) in [6, 6.07) is 9.44. The molecule has 1 saturated carbocycles. The summed E-state index contributed by atoms with van der Waals surface area (Å²) in [7, 11) is 4.39. The van der Waals surface area contributed by atoms with E-state index in [2.05, 4.69) is 10.1 Å². The van der Waals surface area contributed by atoms with Gasteiger partial charge < -0.3 is 34.5 Å². The minimum absolute atomic E-state index is 0.0286. The molecule has 0 aliphatic heterocycles. The van der Waals surface area contributed by atoms with Crippen molar-refractivity contribution in [3.05, 3.63) is 59.2 Å². The summed E-state index contributed by atoms with van der Waals surface area (Å²) >= 11 is 0. The van der Waals surface area contributed by atoms with Gasteiger partial charge in [-0.3, -0.25) is 19.2 Å². The van der Waals surface area contributed by atoms with Gasteiger partial charge in [0, 0.05) is 36.2 Å². The Hall–Kier alpha value is -5.20. The Morgan fingerprint density at radius 2 is 1.43 bits per heavy atom. The number of hydrogen-bond donors (Lipinski definition) is 3. The van der Waals surface area contributed by atoms with E-state index < -0.39 is 59.1 Å². The van der Waals surface area contributed by atoms with Crippen molar-refractivity contribution in [2.45, 2.75) is 32.6 Å². The summed E-state index contributed by atoms with van der Waals surface area (Å²) in [6.45, 7) is 1.68. The van der Waals surface area contributed by atoms with Crippen LogP contribution in [0.25, 0.3) is 6.08 Å². The topological polar surface area (TPSA) is 192 Å². The molecule has 47 heavy (non-hydrogen) atoms. The molecule has 0 saturated heterocycles. The minimum Gasteiger partial charge on any atom is -0.493 e. The number of benzene rings is 2. The van der Waals surface area contributed by atoms with Gasteiger partial charge >= 0.3 is 23.9 Å². The minimum atomic E-state index is -1.57. The predicted octanol–water partition coefficient (Wildman–Crippen LogP) is 4.14. The van der Waals surface area contributed by atoms with Crippen LogP contribution in [-0.4, -0.2) is 80.1 Å². The van der Waals surface area contributed by atoms with E-state index in [0.29, 0.717) is 30.2 Å². The number of hydrogen-bond acceptors (Lipinski definition) is 11. The number of anilines is 1. The summed E-state index contributed by atoms with van der Waals surface area (Å²) in [5.74, 6) is -10.1. The lowest BCUT2D eigenvalue weighted by Gasteiger charge is -2.45. The highest BCUT2D eigenvalue weighted by atomic mass is 16.5. The van der Waals surface area contributed by atoms with Crippen LogP contribution in [0.4, 0.5) is 5.69 Å². The molecule has 0 spiro atoms. The predicted molar refractivity (Wildman–Crippen MR) is 169 cm³/mol. The summed E-state index contributed by atoms with van der Waals surface area (Å²) in [5, 5.41) is 22.0. The second-order valence-electron chi connectivity index (χ2n) is 11.0. The molecule has 4 unspecified atom stereocenters. The molecule has 2 aromatic carbocycles. The molecule has 13 heteroatoms. The third kappa shape index (κ3) is 9.18. The molecule has 0 amide bonds. The molecule has 252 valence electrons. The fourth-order valence-electron chi connectivity index (χ4n) is 5.55. The molecule has 1 fully saturated rings. The van der Waals surface area contributed by atoms with Crippen LogP contribution in [0, 0.1) is 23.7 Å². The van der Waals surface area contributed by atoms with Gasteiger partial charge in [-0.1, -0.05) is 6.07 Å². The van der Waals surface area contributed by atoms with Crippen molar-refractivity contribution in [3.8, 4) is 11.5 Å². The first-order valence-electron chi connectivity index (χ1n) is 15.0. The number of aliphatic carboxylic acids is 2. The number of ether oxygens (including phenoxy) is 4. The first-order chi connectivity index (χ1) is 22.4. The SMILES string of the molecule is CNc1cc(C(=O)OCCCCCCOc2ccc(/C=C/C(=O)OC)cc2OC)cc(C(=O)C2C(C(C)=O)C(C(=O)O)C2C(=O)O)c1. The number of nitrogens with one attached hydrogen (secondary N) is 1. The Bertz CT molecular complexity index is 1510. The van der Waals surface area contributed by atoms with Crippen LogP contribution in [0.2, 0.25) is 0 Å². The Balaban J connectivity index is 1.51. The fourth-order valence-corrected chi connectivity index (χ4v) is 5.55. The lowest BCUT2D eigenvalue weighted by atomic mass is 9.53. The summed E-state index contributed by atoms with van der Waals surface area (Å²) < 4.78 is 21.2. The van der Waals surface area contributed by atoms with E-state index in [9.17, 15) is 39.0 Å². The monoisotopic (exact) mass is 653 g/mol. The maximum atomic E-state index is 13.4. The van der Waals surface area contributed by atoms with Gasteiger partial charge in [0.1, 0.15) is 5.78 Å². The van der Waals surface area contributed by atoms with Crippen molar-refractivity contribution in [2.75, 3.05) is 39.8 Å². The number of unbranched alkanes of at least 4 members (excludes halogenated alkanes) is 3. The van der Waals surface area contributed by atoms with Gasteiger partial charge in [0.25, 0.3) is 0 Å². The Morgan fingerprint density at radius 3 is 2.02 bits per heavy atom. The Morgan fingerprint density at radius 1 is 0.787 bits per heavy atom. The van der Waals surface area contributed by atoms with E-state index in [4.69, 9.17) is 14.2 Å². The number of carboxylic acids is 2. The van der Waals surface area contributed by atoms with Gasteiger partial charge in [0.2, 0.25) is 0 Å². The fraction of sp³-hybridized carbons (Fsp3) is 0.412. The van der Waals surface area contributed by atoms with E-state index in [1.54, 1.807) is 31.3 Å². The molecule has 0 bridgehead atoms. The van der Waals surface area contributed by atoms with E-state index in [1.165, 1.54) is 38.5 Å². The zero-order valence-corrected chi connectivity index (χ0v) is 26.6. The van der Waals surface area contributed by atoms with Gasteiger partial charge in [-0.2, -0.15) is 0 Å². The van der Waals surface area contributed by atoms with E-state index in [1.807, 2.05) is 0 Å². The van der Waals surface area contributed by atoms with Crippen molar-refractivity contribution in [3.63, 3.8) is 0 Å². The molecule has 2 aromatic rings. The normalized spacial score (nSPS) is 18.5. The molecule has 3 N–H and O–H groups in total. The number of methoxy groups -OCH3 is 2. The van der Waals surface area contributed by atoms with E-state index >= 15 is 0 Å². The number of rotatable bonds is 18. The largest absolute Gasteiger partial charge is 0.493 e. The number of Topliss-reactive ketones (excluding diaryl/α,β-unsaturated/α-hetero) is 2. The van der Waals surface area contributed by atoms with Gasteiger partial charge in [0.05, 0.1) is 44.8 Å². The van der Waals surface area contributed by atoms with Gasteiger partial charge in [0.15, 0.2) is 17.3 Å². The molecule has 0 heterocycles. The molecule has 0 aromatic heterocycles. The molecule has 0 radical (unpaired) electrons. The van der Waals surface area contributed by atoms with Crippen LogP contribution in [0.15, 0.2) is 42.5 Å². The molecular formula is C34H39NO12. The third-order valence-corrected chi connectivity index (χ3v) is 7.96. The van der Waals surface area contributed by atoms with Crippen LogP contribution >= 0.6 is 0 Å². The maximum Gasteiger partial charge on any atom is 0.338 e. The smallest absolute Gasteiger partial charge is 0.338 e. The van der Waals surface area contributed by atoms with Gasteiger partial charge in [-0.25, -0.2) is 9.59 Å². The van der Waals surface area contributed by atoms with Crippen molar-refractivity contribution in [1.82, 2.24) is 0 Å². The van der Waals surface area contributed by atoms with Crippen LogP contribution in [0.5, 0.6) is 11.5 Å². The highest BCUT2D eigenvalue weighted by molar-refractivity contribution is 6.08. The summed E-state index contributed by atoms with van der Waals surface area (Å²) in [4.78, 5) is 73.3. The third-order valence-electron chi connectivity index (χ3n) is 7.96. The summed E-state index contributed by atoms with van der Waals surface area (Å²) in [6.07, 6.45) is 5.78. The molecular weight excluding hydrogens is 614 g/mol. The highest BCUT2D eigenvalue weighted by Gasteiger charge is 2.62. The second-order valence-corrected chi connectivity index (χ2v) is 11.0. The Kier molecular flexibility index (Phi) is 13.1. The molecule has 1 aliphatic rings. The lowest BCUT2D eigenvalue weighted by molar-refractivity contribution is -0.173. The zero-order valence-electron chi connectivity index (χ0n) is 26.6. The molecule has 1 aliphatic carbocycles. The highest BCUT2D eigenvalue weighted by Crippen LogP contribution is 2.49. The molecule has 4 atom stereocenters. The van der Waals surface area contributed by atoms with Crippen LogP contribution < -0.4 is 14.8 Å². The first kappa shape index (κ1) is 36.3. The zero-order chi connectivity index (χ0) is 34.7. The lowest BCUT2D eigenvalue weighted by Crippen LogP contribution is -2.59. The maximum absolute atomic E-state index is 13.4. The van der Waals surface area contributed by atoms with Crippen molar-refractivity contribution in [2.24, 2.45) is 23.7 Å². The van der Waals surface area contributed by atoms with Crippen molar-refractivity contribution in [1.29, 1.82) is 0 Å². The van der Waals surface area contributed by atoms with Crippen LogP contribution in [0.1, 0.15) is 58.9 Å². The first-order valence-corrected chi connectivity index (χ1v) is 15.0. The van der Waals surface area contributed by atoms with E-state index in [-0.39, 0.29) is 17.7 Å². The number of carboxylic acid groups (broad SMARTS) is 2. The number of carbonyl (C=O) groups is 6. The van der Waals surface area contributed by atoms with Crippen LogP contribution in [0.3, 0.4) is 0 Å². The van der Waals surface area contributed by atoms with Crippen LogP contribution in [-0.2, 0) is 28.7 Å². The number of esters is 2. The van der Waals surface area contributed by atoms with E-state index in [0.717, 1.165) is 31.7 Å². The second kappa shape index (κ2) is 16.9. The average Bonchev–Trinajstić information content (AvgIpc) is 3.03. The standard InChI is InChI=1S/C34H39NO12/c1-19(36)27-28(30(33(41)42)29(27)32(39)40)31(38)21-16-22(18-23(17-21)35-2)34(43)47-14-8-6-5-7-13-46-24-11-9-20(15-25(24)44-3)10-12-26(37)45-4/h9-12,15-18,27-30,35H,5-8,13-14H2,1-4H3,(H,39,40)(H,41,42)/b12-10+. The molecule has 3 rings (SSSR count). The molecule has 13 nitrogen and oxygen atoms in total.